The summed E-state index contributed by atoms with van der Waals surface area (Å²) >= 11 is 0. The molecule has 0 saturated heterocycles. The highest BCUT2D eigenvalue weighted by Crippen LogP contribution is 2.23. The van der Waals surface area contributed by atoms with Crippen LogP contribution in [-0.2, 0) is 4.79 Å². The van der Waals surface area contributed by atoms with Crippen molar-refractivity contribution in [2.24, 2.45) is 0 Å². The minimum absolute atomic E-state index is 0.0993. The number of anilines is 1. The van der Waals surface area contributed by atoms with Gasteiger partial charge in [-0.1, -0.05) is 13.0 Å². The quantitative estimate of drug-likeness (QED) is 0.392. The molecule has 0 aromatic heterocycles. The fraction of sp³-hybridized carbons (Fsp3) is 0.176. The van der Waals surface area contributed by atoms with Crippen molar-refractivity contribution in [1.82, 2.24) is 0 Å². The fourth-order valence-electron chi connectivity index (χ4n) is 1.93. The van der Waals surface area contributed by atoms with Crippen LogP contribution in [0.25, 0.3) is 0 Å². The largest absolute Gasteiger partial charge is 0.427 e. The minimum atomic E-state index is -0.522. The Kier molecular flexibility index (Phi) is 5.26. The van der Waals surface area contributed by atoms with Crippen molar-refractivity contribution in [2.45, 2.75) is 20.3 Å². The molecule has 0 radical (unpaired) electrons. The summed E-state index contributed by atoms with van der Waals surface area (Å²) in [5.74, 6) is -0.420. The Bertz CT molecular complexity index is 784. The number of nitrogens with zero attached hydrogens (tertiary/aromatic N) is 1. The van der Waals surface area contributed by atoms with E-state index in [1.54, 1.807) is 19.9 Å². The third-order valence-corrected chi connectivity index (χ3v) is 3.32. The highest BCUT2D eigenvalue weighted by molar-refractivity contribution is 6.04. The van der Waals surface area contributed by atoms with Gasteiger partial charge in [0, 0.05) is 24.1 Å². The summed E-state index contributed by atoms with van der Waals surface area (Å²) in [4.78, 5) is 33.8. The SMILES string of the molecule is CCC(=O)Oc1ccc(C(=O)Nc2cc([N+](=O)[O-])ccc2C)cc1. The van der Waals surface area contributed by atoms with Crippen molar-refractivity contribution in [3.05, 3.63) is 63.7 Å². The molecule has 7 heteroatoms. The molecule has 124 valence electrons. The second-order valence-electron chi connectivity index (χ2n) is 5.06. The number of hydrogen-bond donors (Lipinski definition) is 1. The lowest BCUT2D eigenvalue weighted by Gasteiger charge is -2.09. The number of rotatable bonds is 5. The van der Waals surface area contributed by atoms with E-state index in [-0.39, 0.29) is 18.1 Å². The minimum Gasteiger partial charge on any atom is -0.427 e. The lowest BCUT2D eigenvalue weighted by atomic mass is 10.1. The number of nitrogens with one attached hydrogen (secondary N) is 1. The molecule has 2 aromatic rings. The fourth-order valence-corrected chi connectivity index (χ4v) is 1.93. The van der Waals surface area contributed by atoms with Crippen molar-refractivity contribution in [2.75, 3.05) is 5.32 Å². The second-order valence-corrected chi connectivity index (χ2v) is 5.06. The summed E-state index contributed by atoms with van der Waals surface area (Å²) < 4.78 is 5.03. The molecule has 0 atom stereocenters. The summed E-state index contributed by atoms with van der Waals surface area (Å²) in [5, 5.41) is 13.5. The number of ether oxygens (including phenoxy) is 1. The number of hydrogen-bond acceptors (Lipinski definition) is 5. The number of amides is 1. The van der Waals surface area contributed by atoms with Gasteiger partial charge in [-0.2, -0.15) is 0 Å². The summed E-state index contributed by atoms with van der Waals surface area (Å²) in [6, 6.07) is 10.3. The molecule has 2 rings (SSSR count). The molecule has 0 aliphatic carbocycles. The van der Waals surface area contributed by atoms with Gasteiger partial charge in [-0.25, -0.2) is 0 Å². The number of carbonyl (C=O) groups excluding carboxylic acids is 2. The number of esters is 1. The van der Waals surface area contributed by atoms with E-state index in [9.17, 15) is 19.7 Å². The first-order valence-corrected chi connectivity index (χ1v) is 7.28. The van der Waals surface area contributed by atoms with Crippen molar-refractivity contribution < 1.29 is 19.2 Å². The lowest BCUT2D eigenvalue weighted by molar-refractivity contribution is -0.384. The number of nitro benzene ring substituents is 1. The van der Waals surface area contributed by atoms with E-state index >= 15 is 0 Å². The Morgan fingerprint density at radius 1 is 1.17 bits per heavy atom. The highest BCUT2D eigenvalue weighted by Gasteiger charge is 2.12. The van der Waals surface area contributed by atoms with E-state index < -0.39 is 10.8 Å². The summed E-state index contributed by atoms with van der Waals surface area (Å²) in [7, 11) is 0. The third-order valence-electron chi connectivity index (χ3n) is 3.32. The van der Waals surface area contributed by atoms with Crippen molar-refractivity contribution >= 4 is 23.3 Å². The van der Waals surface area contributed by atoms with Crippen LogP contribution in [0.5, 0.6) is 5.75 Å². The van der Waals surface area contributed by atoms with Gasteiger partial charge in [0.15, 0.2) is 0 Å². The topological polar surface area (TPSA) is 98.5 Å². The molecule has 0 aliphatic rings. The van der Waals surface area contributed by atoms with Gasteiger partial charge in [0.05, 0.1) is 10.6 Å². The van der Waals surface area contributed by atoms with Gasteiger partial charge in [-0.05, 0) is 36.8 Å². The number of carbonyl (C=O) groups is 2. The zero-order valence-corrected chi connectivity index (χ0v) is 13.2. The van der Waals surface area contributed by atoms with Gasteiger partial charge in [-0.3, -0.25) is 19.7 Å². The summed E-state index contributed by atoms with van der Waals surface area (Å²) in [5.41, 5.74) is 1.33. The van der Waals surface area contributed by atoms with Crippen LogP contribution in [0.15, 0.2) is 42.5 Å². The molecule has 1 N–H and O–H groups in total. The summed E-state index contributed by atoms with van der Waals surface area (Å²) in [6.45, 7) is 3.43. The second kappa shape index (κ2) is 7.36. The van der Waals surface area contributed by atoms with Crippen LogP contribution in [0, 0.1) is 17.0 Å². The molecule has 7 nitrogen and oxygen atoms in total. The maximum Gasteiger partial charge on any atom is 0.310 e. The van der Waals surface area contributed by atoms with E-state index in [0.717, 1.165) is 0 Å². The van der Waals surface area contributed by atoms with Gasteiger partial charge in [-0.15, -0.1) is 0 Å². The Balaban J connectivity index is 2.14. The Morgan fingerprint density at radius 3 is 2.42 bits per heavy atom. The van der Waals surface area contributed by atoms with Gasteiger partial charge in [0.1, 0.15) is 5.75 Å². The Labute approximate surface area is 138 Å². The van der Waals surface area contributed by atoms with Gasteiger partial charge >= 0.3 is 5.97 Å². The number of nitro groups is 1. The first-order chi connectivity index (χ1) is 11.4. The lowest BCUT2D eigenvalue weighted by Crippen LogP contribution is -2.13. The zero-order valence-electron chi connectivity index (χ0n) is 13.2. The number of benzene rings is 2. The Hall–Kier alpha value is -3.22. The molecule has 1 amide bonds. The van der Waals surface area contributed by atoms with Crippen LogP contribution in [0.1, 0.15) is 29.3 Å². The molecule has 0 unspecified atom stereocenters. The highest BCUT2D eigenvalue weighted by atomic mass is 16.6. The maximum atomic E-state index is 12.2. The monoisotopic (exact) mass is 328 g/mol. The van der Waals surface area contributed by atoms with E-state index in [1.165, 1.54) is 36.4 Å². The van der Waals surface area contributed by atoms with Crippen LogP contribution in [0.4, 0.5) is 11.4 Å². The van der Waals surface area contributed by atoms with Crippen molar-refractivity contribution in [1.29, 1.82) is 0 Å². The zero-order chi connectivity index (χ0) is 17.7. The first-order valence-electron chi connectivity index (χ1n) is 7.28. The van der Waals surface area contributed by atoms with Crippen LogP contribution < -0.4 is 10.1 Å². The number of aryl methyl sites for hydroxylation is 1. The predicted molar refractivity (Wildman–Crippen MR) is 88.2 cm³/mol. The molecule has 2 aromatic carbocycles. The van der Waals surface area contributed by atoms with Crippen molar-refractivity contribution in [3.8, 4) is 5.75 Å². The molecule has 0 bridgehead atoms. The van der Waals surface area contributed by atoms with Gasteiger partial charge in [0.2, 0.25) is 0 Å². The van der Waals surface area contributed by atoms with Crippen molar-refractivity contribution in [3.63, 3.8) is 0 Å². The summed E-state index contributed by atoms with van der Waals surface area (Å²) in [6.07, 6.45) is 0.258. The molecule has 0 fully saturated rings. The third kappa shape index (κ3) is 4.16. The molecule has 0 spiro atoms. The smallest absolute Gasteiger partial charge is 0.310 e. The van der Waals surface area contributed by atoms with Crippen LogP contribution in [0.2, 0.25) is 0 Å². The van der Waals surface area contributed by atoms with Crippen LogP contribution in [0.3, 0.4) is 0 Å². The molecular weight excluding hydrogens is 312 g/mol. The maximum absolute atomic E-state index is 12.2. The first kappa shape index (κ1) is 17.1. The molecule has 0 saturated carbocycles. The number of non-ortho nitro benzene ring substituents is 1. The Morgan fingerprint density at radius 2 is 1.83 bits per heavy atom. The molecule has 0 heterocycles. The van der Waals surface area contributed by atoms with E-state index in [4.69, 9.17) is 4.74 Å². The van der Waals surface area contributed by atoms with E-state index in [2.05, 4.69) is 5.32 Å². The normalized spacial score (nSPS) is 10.1. The van der Waals surface area contributed by atoms with Gasteiger partial charge in [0.25, 0.3) is 11.6 Å². The average molecular weight is 328 g/mol. The molecule has 24 heavy (non-hydrogen) atoms. The predicted octanol–water partition coefficient (Wildman–Crippen LogP) is 3.47. The standard InChI is InChI=1S/C17H16N2O5/c1-3-16(20)24-14-8-5-12(6-9-14)17(21)18-15-10-13(19(22)23)7-4-11(15)2/h4-10H,3H2,1-2H3,(H,18,21). The van der Waals surface area contributed by atoms with Crippen LogP contribution >= 0.6 is 0 Å². The van der Waals surface area contributed by atoms with E-state index in [0.29, 0.717) is 22.6 Å². The average Bonchev–Trinajstić information content (AvgIpc) is 2.57. The van der Waals surface area contributed by atoms with Crippen LogP contribution in [-0.4, -0.2) is 16.8 Å². The molecule has 0 aliphatic heterocycles. The van der Waals surface area contributed by atoms with E-state index in [1.807, 2.05) is 0 Å². The molecular formula is C17H16N2O5. The van der Waals surface area contributed by atoms with Gasteiger partial charge < -0.3 is 10.1 Å².